The first-order valence-corrected chi connectivity index (χ1v) is 50.1. The van der Waals surface area contributed by atoms with Crippen LogP contribution >= 0.6 is 0 Å². The number of benzene rings is 25. The highest BCUT2D eigenvalue weighted by atomic mass is 15.2. The molecule has 0 atom stereocenters. The van der Waals surface area contributed by atoms with E-state index in [1.54, 1.807) is 0 Å². The van der Waals surface area contributed by atoms with Crippen LogP contribution in [0.2, 0.25) is 0 Å². The molecule has 1 aliphatic rings. The first-order valence-electron chi connectivity index (χ1n) is 50.1. The van der Waals surface area contributed by atoms with Crippen molar-refractivity contribution in [3.8, 4) is 50.4 Å². The monoisotopic (exact) mass is 1850 g/mol. The maximum atomic E-state index is 2.49. The van der Waals surface area contributed by atoms with Gasteiger partial charge in [0.1, 0.15) is 0 Å². The zero-order chi connectivity index (χ0) is 96.2. The molecule has 0 radical (unpaired) electrons. The minimum atomic E-state index is -0.187. The maximum Gasteiger partial charge on any atom is 0.0547 e. The summed E-state index contributed by atoms with van der Waals surface area (Å²) in [5, 5.41) is 25.6. The molecule has 0 aliphatic heterocycles. The number of hydrogen-bond donors (Lipinski definition) is 0. The summed E-state index contributed by atoms with van der Waals surface area (Å²) in [6.45, 7) is 4.76. The Kier molecular flexibility index (Phi) is 20.9. The Bertz CT molecular complexity index is 9620. The third kappa shape index (κ3) is 14.8. The highest BCUT2D eigenvalue weighted by Crippen LogP contribution is 2.54. The zero-order valence-corrected chi connectivity index (χ0v) is 80.1. The smallest absolute Gasteiger partial charge is 0.0547 e. The average Bonchev–Trinajstić information content (AvgIpc) is 1.56. The average molecular weight is 1850 g/mol. The fourth-order valence-corrected chi connectivity index (χ4v) is 23.2. The van der Waals surface area contributed by atoms with Crippen molar-refractivity contribution in [2.75, 3.05) is 14.7 Å². The molecule has 6 heteroatoms. The molecular weight excluding hydrogens is 1750 g/mol. The molecule has 145 heavy (non-hydrogen) atoms. The van der Waals surface area contributed by atoms with Crippen molar-refractivity contribution in [1.29, 1.82) is 0 Å². The first-order chi connectivity index (χ1) is 71.7. The summed E-state index contributed by atoms with van der Waals surface area (Å²) in [6.07, 6.45) is 0. The van der Waals surface area contributed by atoms with E-state index in [-0.39, 0.29) is 5.41 Å². The summed E-state index contributed by atoms with van der Waals surface area (Å²) in [5.41, 5.74) is 31.0. The standard InChI is InChI=1S/C48H32N2.C47H34N2.C44H30N2/c1-2-15-40(16-3-1)49(41-23-20-34(21-24-41)39-19-18-33-10-4-5-12-36(33)30-39)42-25-27-43(28-26-42)50-46-29-22-35-11-8-9-17-44(35)48(46)45-31-37-13-6-7-14-38(37)32-47(45)50;1-47(2)41-29-35(48(33-15-5-3-6-16-33)34-17-7-4-8-18-34)23-25-39(41)40-26-24-36(30-42(40)47)49-43-27-21-31-13-9-11-19-37(31)45(43)46-38-20-12-10-14-32(38)22-28-44(46)49;1-3-13-35(14-4-1)45(36-15-5-2-6-16-36)37-25-19-31(20-26-37)32-21-27-38(28-22-32)46-41-29-23-33-11-7-9-17-39(33)43(41)44-40-18-10-8-12-34(40)24-30-42(44)46/h1-32H;3-30H,1-2H3;1-30H. The van der Waals surface area contributed by atoms with Gasteiger partial charge in [0.2, 0.25) is 0 Å². The summed E-state index contributed by atoms with van der Waals surface area (Å²) in [4.78, 5) is 6.99. The Labute approximate surface area is 841 Å². The molecule has 682 valence electrons. The third-order valence-electron chi connectivity index (χ3n) is 30.0. The van der Waals surface area contributed by atoms with Gasteiger partial charge in [0, 0.05) is 106 Å². The predicted octanol–water partition coefficient (Wildman–Crippen LogP) is 38.5. The second-order valence-corrected chi connectivity index (χ2v) is 38.6. The summed E-state index contributed by atoms with van der Waals surface area (Å²) in [5.74, 6) is 0. The van der Waals surface area contributed by atoms with Crippen molar-refractivity contribution in [2.45, 2.75) is 19.3 Å². The van der Waals surface area contributed by atoms with Crippen molar-refractivity contribution >= 4 is 192 Å². The van der Waals surface area contributed by atoms with Crippen molar-refractivity contribution < 1.29 is 0 Å². The van der Waals surface area contributed by atoms with Crippen molar-refractivity contribution in [3.05, 3.63) is 557 Å². The Hall–Kier alpha value is -18.9. The van der Waals surface area contributed by atoms with E-state index in [1.165, 1.54) is 197 Å². The molecule has 0 N–H and O–H groups in total. The van der Waals surface area contributed by atoms with Crippen LogP contribution in [0.5, 0.6) is 0 Å². The molecule has 0 unspecified atom stereocenters. The first kappa shape index (κ1) is 85.3. The van der Waals surface area contributed by atoms with E-state index in [0.717, 1.165) is 56.9 Å². The van der Waals surface area contributed by atoms with Crippen LogP contribution in [0.25, 0.3) is 191 Å². The molecule has 28 aromatic rings. The molecule has 0 saturated carbocycles. The lowest BCUT2D eigenvalue weighted by Gasteiger charge is -2.28. The minimum Gasteiger partial charge on any atom is -0.311 e. The number of nitrogens with zero attached hydrogens (tertiary/aromatic N) is 6. The van der Waals surface area contributed by atoms with Crippen molar-refractivity contribution in [1.82, 2.24) is 13.7 Å². The van der Waals surface area contributed by atoms with E-state index in [1.807, 2.05) is 0 Å². The second kappa shape index (κ2) is 35.5. The normalized spacial score (nSPS) is 12.1. The lowest BCUT2D eigenvalue weighted by Crippen LogP contribution is -2.17. The molecule has 25 aromatic carbocycles. The van der Waals surface area contributed by atoms with Gasteiger partial charge in [-0.3, -0.25) is 0 Å². The molecule has 0 fully saturated rings. The molecule has 6 nitrogen and oxygen atoms in total. The Balaban J connectivity index is 0.000000108. The second-order valence-electron chi connectivity index (χ2n) is 38.6. The highest BCUT2D eigenvalue weighted by Gasteiger charge is 2.37. The molecule has 0 amide bonds. The van der Waals surface area contributed by atoms with Gasteiger partial charge < -0.3 is 28.4 Å². The van der Waals surface area contributed by atoms with Gasteiger partial charge in [0.15, 0.2) is 0 Å². The molecule has 0 bridgehead atoms. The van der Waals surface area contributed by atoms with Crippen LogP contribution in [0, 0.1) is 0 Å². The Morgan fingerprint density at radius 1 is 0.152 bits per heavy atom. The summed E-state index contributed by atoms with van der Waals surface area (Å²) >= 11 is 0. The predicted molar refractivity (Wildman–Crippen MR) is 617 cm³/mol. The fraction of sp³-hybridized carbons (Fsp3) is 0.0216. The minimum absolute atomic E-state index is 0.187. The Morgan fingerprint density at radius 2 is 0.400 bits per heavy atom. The van der Waals surface area contributed by atoms with Gasteiger partial charge in [-0.1, -0.05) is 366 Å². The van der Waals surface area contributed by atoms with Crippen LogP contribution in [0.3, 0.4) is 0 Å². The number of rotatable bonds is 14. The number of para-hydroxylation sites is 5. The highest BCUT2D eigenvalue weighted by molar-refractivity contribution is 6.31. The van der Waals surface area contributed by atoms with Crippen LogP contribution in [0.1, 0.15) is 25.0 Å². The summed E-state index contributed by atoms with van der Waals surface area (Å²) in [6, 6.07) is 198. The number of fused-ring (bicyclic) bond motifs is 24. The SMILES string of the molecule is CC1(C)c2cc(N(c3ccccc3)c3ccccc3)ccc2-c2ccc(-n3c4ccc5ccccc5c4c4c5ccccc5ccc43)cc21.c1ccc(N(c2ccc(-c3ccc4ccccc4c3)cc2)c2ccc(-n3c4cc5ccccc5cc4c4c5ccccc5ccc43)cc2)cc1.c1ccc(N(c2ccccc2)c2ccc(-c3ccc(-n4c5ccc6ccccc6c5c5c6ccccc6ccc54)cc3)cc2)cc1. The molecule has 29 rings (SSSR count). The molecule has 0 saturated heterocycles. The number of anilines is 9. The largest absolute Gasteiger partial charge is 0.311 e. The molecule has 3 heterocycles. The van der Waals surface area contributed by atoms with E-state index in [2.05, 4.69) is 588 Å². The van der Waals surface area contributed by atoms with E-state index < -0.39 is 0 Å². The molecular formula is C139H96N6. The van der Waals surface area contributed by atoms with Gasteiger partial charge in [-0.2, -0.15) is 0 Å². The van der Waals surface area contributed by atoms with E-state index in [0.29, 0.717) is 0 Å². The van der Waals surface area contributed by atoms with Crippen LogP contribution in [-0.4, -0.2) is 13.7 Å². The molecule has 0 spiro atoms. The van der Waals surface area contributed by atoms with Crippen molar-refractivity contribution in [2.24, 2.45) is 0 Å². The van der Waals surface area contributed by atoms with Gasteiger partial charge in [-0.05, 0) is 314 Å². The van der Waals surface area contributed by atoms with E-state index >= 15 is 0 Å². The fourth-order valence-electron chi connectivity index (χ4n) is 23.2. The Morgan fingerprint density at radius 3 is 0.800 bits per heavy atom. The topological polar surface area (TPSA) is 24.5 Å². The zero-order valence-electron chi connectivity index (χ0n) is 80.1. The number of aromatic nitrogens is 3. The lowest BCUT2D eigenvalue weighted by atomic mass is 9.82. The van der Waals surface area contributed by atoms with Crippen LogP contribution in [0.4, 0.5) is 51.2 Å². The lowest BCUT2D eigenvalue weighted by molar-refractivity contribution is 0.660. The maximum absolute atomic E-state index is 2.49. The van der Waals surface area contributed by atoms with Gasteiger partial charge in [-0.25, -0.2) is 0 Å². The van der Waals surface area contributed by atoms with Gasteiger partial charge in [0.05, 0.1) is 33.1 Å². The van der Waals surface area contributed by atoms with Crippen LogP contribution in [-0.2, 0) is 5.41 Å². The summed E-state index contributed by atoms with van der Waals surface area (Å²) < 4.78 is 7.34. The van der Waals surface area contributed by atoms with E-state index in [9.17, 15) is 0 Å². The van der Waals surface area contributed by atoms with Gasteiger partial charge >= 0.3 is 0 Å². The molecule has 3 aromatic heterocycles. The number of hydrogen-bond acceptors (Lipinski definition) is 3. The molecule has 1 aliphatic carbocycles. The van der Waals surface area contributed by atoms with Gasteiger partial charge in [0.25, 0.3) is 0 Å². The summed E-state index contributed by atoms with van der Waals surface area (Å²) in [7, 11) is 0. The van der Waals surface area contributed by atoms with Crippen molar-refractivity contribution in [3.63, 3.8) is 0 Å². The quantitative estimate of drug-likeness (QED) is 0.108. The third-order valence-corrected chi connectivity index (χ3v) is 30.0. The van der Waals surface area contributed by atoms with Gasteiger partial charge in [-0.15, -0.1) is 0 Å². The van der Waals surface area contributed by atoms with E-state index in [4.69, 9.17) is 0 Å². The van der Waals surface area contributed by atoms with Crippen LogP contribution < -0.4 is 14.7 Å². The van der Waals surface area contributed by atoms with Crippen LogP contribution in [0.15, 0.2) is 546 Å².